The molecular weight excluding hydrogens is 262 g/mol. The van der Waals surface area contributed by atoms with Gasteiger partial charge >= 0.3 is 0 Å². The first kappa shape index (κ1) is 13.1. The number of nitrogens with two attached hydrogens (primary N) is 1. The maximum Gasteiger partial charge on any atom is 0.149 e. The van der Waals surface area contributed by atoms with Crippen LogP contribution in [0.3, 0.4) is 0 Å². The molecule has 104 valence electrons. The number of hydrogen-bond acceptors (Lipinski definition) is 5. The van der Waals surface area contributed by atoms with E-state index in [1.54, 1.807) is 12.4 Å². The first-order valence-corrected chi connectivity index (χ1v) is 7.32. The van der Waals surface area contributed by atoms with Gasteiger partial charge in [-0.2, -0.15) is 0 Å². The van der Waals surface area contributed by atoms with Gasteiger partial charge in [-0.05, 0) is 32.4 Å². The highest BCUT2D eigenvalue weighted by Gasteiger charge is 2.30. The molecule has 1 aromatic heterocycles. The smallest absolute Gasteiger partial charge is 0.149 e. The topological polar surface area (TPSA) is 58.3 Å². The highest BCUT2D eigenvalue weighted by molar-refractivity contribution is 6.29. The van der Waals surface area contributed by atoms with Crippen LogP contribution in [0.25, 0.3) is 0 Å². The number of anilines is 1. The predicted molar refractivity (Wildman–Crippen MR) is 76.4 cm³/mol. The summed E-state index contributed by atoms with van der Waals surface area (Å²) in [5.41, 5.74) is 5.96. The van der Waals surface area contributed by atoms with Gasteiger partial charge < -0.3 is 10.6 Å². The zero-order chi connectivity index (χ0) is 13.2. The minimum absolute atomic E-state index is 0.396. The third kappa shape index (κ3) is 2.99. The molecule has 2 saturated heterocycles. The minimum atomic E-state index is 0.396. The van der Waals surface area contributed by atoms with Gasteiger partial charge in [0.05, 0.1) is 12.4 Å². The Labute approximate surface area is 118 Å². The van der Waals surface area contributed by atoms with E-state index in [1.807, 2.05) is 0 Å². The first-order valence-electron chi connectivity index (χ1n) is 6.94. The van der Waals surface area contributed by atoms with Crippen molar-refractivity contribution in [3.63, 3.8) is 0 Å². The average molecular weight is 282 g/mol. The van der Waals surface area contributed by atoms with Crippen molar-refractivity contribution >= 4 is 17.4 Å². The van der Waals surface area contributed by atoms with E-state index in [9.17, 15) is 0 Å². The number of likely N-dealkylation sites (tertiary alicyclic amines) is 1. The van der Waals surface area contributed by atoms with Crippen LogP contribution in [0.5, 0.6) is 0 Å². The number of piperidine rings is 1. The number of hydrogen-bond donors (Lipinski definition) is 1. The monoisotopic (exact) mass is 281 g/mol. The zero-order valence-corrected chi connectivity index (χ0v) is 11.8. The largest absolute Gasteiger partial charge is 0.354 e. The summed E-state index contributed by atoms with van der Waals surface area (Å²) in [6.45, 7) is 4.30. The molecule has 3 heterocycles. The van der Waals surface area contributed by atoms with Crippen molar-refractivity contribution in [3.05, 3.63) is 17.5 Å². The molecule has 19 heavy (non-hydrogen) atoms. The summed E-state index contributed by atoms with van der Waals surface area (Å²) in [5.74, 6) is 0.892. The quantitative estimate of drug-likeness (QED) is 0.881. The Balaban J connectivity index is 1.61. The summed E-state index contributed by atoms with van der Waals surface area (Å²) in [7, 11) is 0. The van der Waals surface area contributed by atoms with Gasteiger partial charge in [0, 0.05) is 25.2 Å². The number of halogens is 1. The summed E-state index contributed by atoms with van der Waals surface area (Å²) >= 11 is 5.90. The SMILES string of the molecule is NC1CCN(C2CCN(c3cncc(Cl)n3)C2)CC1. The molecule has 6 heteroatoms. The molecule has 3 rings (SSSR count). The zero-order valence-electron chi connectivity index (χ0n) is 11.0. The van der Waals surface area contributed by atoms with E-state index in [1.165, 1.54) is 6.42 Å². The van der Waals surface area contributed by atoms with Crippen molar-refractivity contribution in [2.24, 2.45) is 5.73 Å². The Morgan fingerprint density at radius 1 is 1.16 bits per heavy atom. The summed E-state index contributed by atoms with van der Waals surface area (Å²) in [5, 5.41) is 0.463. The maximum absolute atomic E-state index is 5.96. The standard InChI is InChI=1S/C13H20ClN5/c14-12-7-16-8-13(17-12)19-6-3-11(9-19)18-4-1-10(15)2-5-18/h7-8,10-11H,1-6,9,15H2. The van der Waals surface area contributed by atoms with Crippen LogP contribution < -0.4 is 10.6 Å². The molecule has 0 spiro atoms. The molecule has 1 aromatic rings. The minimum Gasteiger partial charge on any atom is -0.354 e. The van der Waals surface area contributed by atoms with Gasteiger partial charge in [-0.3, -0.25) is 9.88 Å². The molecule has 1 atom stereocenters. The van der Waals surface area contributed by atoms with Crippen LogP contribution >= 0.6 is 11.6 Å². The van der Waals surface area contributed by atoms with Crippen LogP contribution in [0, 0.1) is 0 Å². The second kappa shape index (κ2) is 5.61. The Hall–Kier alpha value is -0.910. The maximum atomic E-state index is 5.96. The lowest BCUT2D eigenvalue weighted by atomic mass is 10.0. The van der Waals surface area contributed by atoms with Crippen LogP contribution in [0.4, 0.5) is 5.82 Å². The number of nitrogens with zero attached hydrogens (tertiary/aromatic N) is 4. The van der Waals surface area contributed by atoms with Crippen LogP contribution in [0.15, 0.2) is 12.4 Å². The van der Waals surface area contributed by atoms with Crippen molar-refractivity contribution in [1.82, 2.24) is 14.9 Å². The van der Waals surface area contributed by atoms with E-state index in [0.29, 0.717) is 17.2 Å². The Kier molecular flexibility index (Phi) is 3.86. The second-order valence-electron chi connectivity index (χ2n) is 5.46. The van der Waals surface area contributed by atoms with Gasteiger partial charge in [-0.25, -0.2) is 4.98 Å². The fourth-order valence-electron chi connectivity index (χ4n) is 3.02. The van der Waals surface area contributed by atoms with Gasteiger partial charge in [0.2, 0.25) is 0 Å². The van der Waals surface area contributed by atoms with Crippen LogP contribution in [0.2, 0.25) is 5.15 Å². The molecule has 0 aromatic carbocycles. The van der Waals surface area contributed by atoms with E-state index in [0.717, 1.165) is 44.8 Å². The van der Waals surface area contributed by atoms with E-state index in [2.05, 4.69) is 19.8 Å². The van der Waals surface area contributed by atoms with Gasteiger partial charge in [0.25, 0.3) is 0 Å². The summed E-state index contributed by atoms with van der Waals surface area (Å²) in [6.07, 6.45) is 6.79. The Bertz CT molecular complexity index is 433. The first-order chi connectivity index (χ1) is 9.22. The average Bonchev–Trinajstić information content (AvgIpc) is 2.89. The van der Waals surface area contributed by atoms with Crippen molar-refractivity contribution < 1.29 is 0 Å². The molecule has 0 saturated carbocycles. The molecule has 5 nitrogen and oxygen atoms in total. The van der Waals surface area contributed by atoms with Crippen molar-refractivity contribution in [1.29, 1.82) is 0 Å². The molecule has 2 fully saturated rings. The lowest BCUT2D eigenvalue weighted by molar-refractivity contribution is 0.163. The van der Waals surface area contributed by atoms with E-state index in [4.69, 9.17) is 17.3 Å². The molecule has 2 aliphatic rings. The van der Waals surface area contributed by atoms with Crippen LogP contribution in [-0.2, 0) is 0 Å². The molecular formula is C13H20ClN5. The van der Waals surface area contributed by atoms with Gasteiger partial charge in [-0.1, -0.05) is 11.6 Å². The van der Waals surface area contributed by atoms with E-state index >= 15 is 0 Å². The molecule has 2 aliphatic heterocycles. The lowest BCUT2D eigenvalue weighted by Crippen LogP contribution is -2.46. The van der Waals surface area contributed by atoms with E-state index < -0.39 is 0 Å². The molecule has 1 unspecified atom stereocenters. The second-order valence-corrected chi connectivity index (χ2v) is 5.85. The Morgan fingerprint density at radius 2 is 1.95 bits per heavy atom. The molecule has 0 aliphatic carbocycles. The van der Waals surface area contributed by atoms with Crippen LogP contribution in [-0.4, -0.2) is 53.1 Å². The molecule has 2 N–H and O–H groups in total. The summed E-state index contributed by atoms with van der Waals surface area (Å²) in [4.78, 5) is 13.3. The van der Waals surface area contributed by atoms with Gasteiger partial charge in [-0.15, -0.1) is 0 Å². The van der Waals surface area contributed by atoms with Gasteiger partial charge in [0.1, 0.15) is 11.0 Å². The highest BCUT2D eigenvalue weighted by atomic mass is 35.5. The summed E-state index contributed by atoms with van der Waals surface area (Å²) in [6, 6.07) is 1.01. The molecule has 0 amide bonds. The van der Waals surface area contributed by atoms with Crippen molar-refractivity contribution in [2.45, 2.75) is 31.3 Å². The predicted octanol–water partition coefficient (Wildman–Crippen LogP) is 1.13. The Morgan fingerprint density at radius 3 is 2.68 bits per heavy atom. The lowest BCUT2D eigenvalue weighted by Gasteiger charge is -2.34. The number of rotatable bonds is 2. The fraction of sp³-hybridized carbons (Fsp3) is 0.692. The summed E-state index contributed by atoms with van der Waals surface area (Å²) < 4.78 is 0. The molecule has 0 bridgehead atoms. The highest BCUT2D eigenvalue weighted by Crippen LogP contribution is 2.23. The van der Waals surface area contributed by atoms with Gasteiger partial charge in [0.15, 0.2) is 0 Å². The normalized spacial score (nSPS) is 26.0. The molecule has 0 radical (unpaired) electrons. The van der Waals surface area contributed by atoms with E-state index in [-0.39, 0.29) is 0 Å². The third-order valence-corrected chi connectivity index (χ3v) is 4.35. The van der Waals surface area contributed by atoms with Crippen molar-refractivity contribution in [3.8, 4) is 0 Å². The number of aromatic nitrogens is 2. The third-order valence-electron chi connectivity index (χ3n) is 4.17. The fourth-order valence-corrected chi connectivity index (χ4v) is 3.16. The van der Waals surface area contributed by atoms with Crippen molar-refractivity contribution in [2.75, 3.05) is 31.1 Å². The van der Waals surface area contributed by atoms with Crippen LogP contribution in [0.1, 0.15) is 19.3 Å².